The minimum absolute atomic E-state index is 0.0641. The number of amides is 1. The van der Waals surface area contributed by atoms with E-state index in [-0.39, 0.29) is 24.2 Å². The third-order valence-electron chi connectivity index (χ3n) is 4.75. The average Bonchev–Trinajstić information content (AvgIpc) is 2.89. The molecular formula is C17H23N3O3. The van der Waals surface area contributed by atoms with Crippen molar-refractivity contribution in [3.8, 4) is 0 Å². The predicted octanol–water partition coefficient (Wildman–Crippen LogP) is 1.88. The summed E-state index contributed by atoms with van der Waals surface area (Å²) in [6, 6.07) is 3.78. The Morgan fingerprint density at radius 2 is 2.13 bits per heavy atom. The molecule has 0 bridgehead atoms. The van der Waals surface area contributed by atoms with E-state index in [1.807, 2.05) is 12.1 Å². The van der Waals surface area contributed by atoms with Gasteiger partial charge in [0, 0.05) is 25.5 Å². The van der Waals surface area contributed by atoms with E-state index in [0.29, 0.717) is 13.1 Å². The standard InChI is InChI=1S/C17H23N3O3/c21-15-11-14(17(23-15)6-2-1-3-7-17)16(22)20-10-9-19-13-5-4-8-18-12-13/h4-5,8,12,14,19H,1-3,6-7,9-11H2,(H,20,22)/t14-/m1/s1. The molecule has 1 aliphatic carbocycles. The minimum atomic E-state index is -0.545. The highest BCUT2D eigenvalue weighted by Gasteiger charge is 2.52. The first kappa shape index (κ1) is 15.8. The molecule has 0 radical (unpaired) electrons. The first-order valence-electron chi connectivity index (χ1n) is 8.33. The molecule has 2 aliphatic rings. The SMILES string of the molecule is O=C1C[C@H](C(=O)NCCNc2cccnc2)C2(CCCCC2)O1. The number of aromatic nitrogens is 1. The van der Waals surface area contributed by atoms with Gasteiger partial charge in [-0.1, -0.05) is 6.42 Å². The predicted molar refractivity (Wildman–Crippen MR) is 85.8 cm³/mol. The van der Waals surface area contributed by atoms with Crippen molar-refractivity contribution in [3.05, 3.63) is 24.5 Å². The Morgan fingerprint density at radius 3 is 2.87 bits per heavy atom. The van der Waals surface area contributed by atoms with Gasteiger partial charge in [0.25, 0.3) is 0 Å². The molecule has 1 aromatic rings. The third kappa shape index (κ3) is 3.63. The summed E-state index contributed by atoms with van der Waals surface area (Å²) in [7, 11) is 0. The van der Waals surface area contributed by atoms with Gasteiger partial charge < -0.3 is 15.4 Å². The molecule has 0 unspecified atom stereocenters. The lowest BCUT2D eigenvalue weighted by Crippen LogP contribution is -2.46. The number of ether oxygens (including phenoxy) is 1. The fourth-order valence-corrected chi connectivity index (χ4v) is 3.61. The quantitative estimate of drug-likeness (QED) is 0.640. The van der Waals surface area contributed by atoms with Crippen molar-refractivity contribution in [2.24, 2.45) is 5.92 Å². The number of pyridine rings is 1. The van der Waals surface area contributed by atoms with E-state index >= 15 is 0 Å². The molecule has 6 heteroatoms. The molecule has 0 aromatic carbocycles. The van der Waals surface area contributed by atoms with Crippen LogP contribution in [0.15, 0.2) is 24.5 Å². The molecule has 1 saturated heterocycles. The van der Waals surface area contributed by atoms with E-state index in [1.165, 1.54) is 0 Å². The van der Waals surface area contributed by atoms with Crippen LogP contribution < -0.4 is 10.6 Å². The maximum Gasteiger partial charge on any atom is 0.307 e. The highest BCUT2D eigenvalue weighted by atomic mass is 16.6. The second-order valence-corrected chi connectivity index (χ2v) is 6.32. The summed E-state index contributed by atoms with van der Waals surface area (Å²) in [5, 5.41) is 6.13. The molecule has 6 nitrogen and oxygen atoms in total. The molecule has 2 heterocycles. The Hall–Kier alpha value is -2.11. The summed E-state index contributed by atoms with van der Waals surface area (Å²) < 4.78 is 5.58. The van der Waals surface area contributed by atoms with Crippen molar-refractivity contribution in [2.45, 2.75) is 44.1 Å². The first-order chi connectivity index (χ1) is 11.2. The second-order valence-electron chi connectivity index (χ2n) is 6.32. The molecular weight excluding hydrogens is 294 g/mol. The Bertz CT molecular complexity index is 555. The van der Waals surface area contributed by atoms with Crippen LogP contribution in [0.3, 0.4) is 0 Å². The van der Waals surface area contributed by atoms with Gasteiger partial charge in [0.1, 0.15) is 5.60 Å². The highest BCUT2D eigenvalue weighted by molar-refractivity contribution is 5.87. The highest BCUT2D eigenvalue weighted by Crippen LogP contribution is 2.44. The van der Waals surface area contributed by atoms with Crippen LogP contribution in [0.1, 0.15) is 38.5 Å². The second kappa shape index (κ2) is 6.98. The van der Waals surface area contributed by atoms with Crippen molar-refractivity contribution in [2.75, 3.05) is 18.4 Å². The lowest BCUT2D eigenvalue weighted by molar-refractivity contribution is -0.153. The van der Waals surface area contributed by atoms with Gasteiger partial charge in [-0.15, -0.1) is 0 Å². The van der Waals surface area contributed by atoms with E-state index in [4.69, 9.17) is 4.74 Å². The zero-order valence-corrected chi connectivity index (χ0v) is 13.2. The van der Waals surface area contributed by atoms with Gasteiger partial charge in [-0.2, -0.15) is 0 Å². The van der Waals surface area contributed by atoms with Gasteiger partial charge in [0.2, 0.25) is 5.91 Å². The molecule has 1 saturated carbocycles. The summed E-state index contributed by atoms with van der Waals surface area (Å²) >= 11 is 0. The number of carbonyl (C=O) groups is 2. The molecule has 2 N–H and O–H groups in total. The number of nitrogens with one attached hydrogen (secondary N) is 2. The lowest BCUT2D eigenvalue weighted by Gasteiger charge is -2.36. The van der Waals surface area contributed by atoms with Crippen LogP contribution in [-0.2, 0) is 14.3 Å². The van der Waals surface area contributed by atoms with E-state index in [1.54, 1.807) is 12.4 Å². The molecule has 2 fully saturated rings. The Balaban J connectivity index is 1.50. The van der Waals surface area contributed by atoms with Crippen molar-refractivity contribution < 1.29 is 14.3 Å². The Labute approximate surface area is 136 Å². The molecule has 3 rings (SSSR count). The maximum absolute atomic E-state index is 12.5. The van der Waals surface area contributed by atoms with Gasteiger partial charge in [-0.25, -0.2) is 0 Å². The molecule has 1 amide bonds. The minimum Gasteiger partial charge on any atom is -0.458 e. The number of hydrogen-bond donors (Lipinski definition) is 2. The molecule has 1 spiro atoms. The molecule has 1 aromatic heterocycles. The molecule has 1 aliphatic heterocycles. The van der Waals surface area contributed by atoms with Crippen LogP contribution >= 0.6 is 0 Å². The van der Waals surface area contributed by atoms with Crippen LogP contribution in [0, 0.1) is 5.92 Å². The van der Waals surface area contributed by atoms with Crippen molar-refractivity contribution in [1.82, 2.24) is 10.3 Å². The van der Waals surface area contributed by atoms with Crippen LogP contribution in [0.2, 0.25) is 0 Å². The number of anilines is 1. The molecule has 1 atom stereocenters. The fourth-order valence-electron chi connectivity index (χ4n) is 3.61. The van der Waals surface area contributed by atoms with Gasteiger partial charge in [0.05, 0.1) is 18.0 Å². The third-order valence-corrected chi connectivity index (χ3v) is 4.75. The zero-order chi connectivity index (χ0) is 16.1. The molecule has 23 heavy (non-hydrogen) atoms. The summed E-state index contributed by atoms with van der Waals surface area (Å²) in [6.07, 6.45) is 8.50. The van der Waals surface area contributed by atoms with Gasteiger partial charge in [-0.3, -0.25) is 14.6 Å². The number of rotatable bonds is 5. The summed E-state index contributed by atoms with van der Waals surface area (Å²) in [6.45, 7) is 1.13. The van der Waals surface area contributed by atoms with E-state index in [9.17, 15) is 9.59 Å². The van der Waals surface area contributed by atoms with Crippen LogP contribution in [0.25, 0.3) is 0 Å². The van der Waals surface area contributed by atoms with Crippen molar-refractivity contribution in [3.63, 3.8) is 0 Å². The van der Waals surface area contributed by atoms with Crippen LogP contribution in [0.5, 0.6) is 0 Å². The van der Waals surface area contributed by atoms with Gasteiger partial charge >= 0.3 is 5.97 Å². The number of hydrogen-bond acceptors (Lipinski definition) is 5. The van der Waals surface area contributed by atoms with Gasteiger partial charge in [0.15, 0.2) is 0 Å². The Kier molecular flexibility index (Phi) is 4.79. The summed E-state index contributed by atoms with van der Waals surface area (Å²) in [5.74, 6) is -0.639. The number of nitrogens with zero attached hydrogens (tertiary/aromatic N) is 1. The number of carbonyl (C=O) groups excluding carboxylic acids is 2. The van der Waals surface area contributed by atoms with E-state index in [0.717, 1.165) is 37.8 Å². The molecule has 124 valence electrons. The maximum atomic E-state index is 12.5. The van der Waals surface area contributed by atoms with Gasteiger partial charge in [-0.05, 0) is 37.8 Å². The fraction of sp³-hybridized carbons (Fsp3) is 0.588. The first-order valence-corrected chi connectivity index (χ1v) is 8.33. The topological polar surface area (TPSA) is 80.3 Å². The van der Waals surface area contributed by atoms with Crippen molar-refractivity contribution >= 4 is 17.6 Å². The van der Waals surface area contributed by atoms with Crippen LogP contribution in [0.4, 0.5) is 5.69 Å². The zero-order valence-electron chi connectivity index (χ0n) is 13.2. The van der Waals surface area contributed by atoms with Crippen LogP contribution in [-0.4, -0.2) is 35.6 Å². The number of esters is 1. The monoisotopic (exact) mass is 317 g/mol. The summed E-state index contributed by atoms with van der Waals surface area (Å²) in [4.78, 5) is 28.2. The van der Waals surface area contributed by atoms with Crippen molar-refractivity contribution in [1.29, 1.82) is 0 Å². The lowest BCUT2D eigenvalue weighted by atomic mass is 9.75. The Morgan fingerprint density at radius 1 is 1.30 bits per heavy atom. The normalized spacial score (nSPS) is 22.6. The largest absolute Gasteiger partial charge is 0.458 e. The summed E-state index contributed by atoms with van der Waals surface area (Å²) in [5.41, 5.74) is 0.376. The van der Waals surface area contributed by atoms with E-state index < -0.39 is 5.60 Å². The average molecular weight is 317 g/mol. The van der Waals surface area contributed by atoms with E-state index in [2.05, 4.69) is 15.6 Å². The smallest absolute Gasteiger partial charge is 0.307 e.